The highest BCUT2D eigenvalue weighted by Gasteiger charge is 2.10. The fraction of sp³-hybridized carbons (Fsp3) is 0.138. The lowest BCUT2D eigenvalue weighted by molar-refractivity contribution is -0.137. The van der Waals surface area contributed by atoms with Crippen molar-refractivity contribution in [1.82, 2.24) is 0 Å². The number of hydrogen-bond donors (Lipinski definition) is 0. The third-order valence-electron chi connectivity index (χ3n) is 5.13. The summed E-state index contributed by atoms with van der Waals surface area (Å²) in [6, 6.07) is 27.6. The Morgan fingerprint density at radius 3 is 1.61 bits per heavy atom. The molecule has 0 bridgehead atoms. The molecule has 0 saturated carbocycles. The maximum Gasteiger partial charge on any atom is 0.330 e. The molecule has 0 saturated heterocycles. The number of carbonyl (C=O) groups excluding carboxylic acids is 2. The summed E-state index contributed by atoms with van der Waals surface area (Å²) in [5, 5.41) is 6.60. The average Bonchev–Trinajstić information content (AvgIpc) is 2.93. The highest BCUT2D eigenvalue weighted by atomic mass is 16.5. The predicted molar refractivity (Wildman–Crippen MR) is 144 cm³/mol. The molecule has 0 spiro atoms. The van der Waals surface area contributed by atoms with E-state index in [0.717, 1.165) is 34.8 Å². The summed E-state index contributed by atoms with van der Waals surface area (Å²) in [4.78, 5) is 24.7. The number of rotatable bonds is 13. The predicted octanol–water partition coefficient (Wildman–Crippen LogP) is 5.12. The topological polar surface area (TPSA) is 71.4 Å². The molecule has 3 aromatic carbocycles. The fourth-order valence-corrected chi connectivity index (χ4v) is 3.32. The van der Waals surface area contributed by atoms with Gasteiger partial charge in [-0.05, 0) is 42.0 Å². The molecule has 7 heteroatoms. The number of carbonyl (C=O) groups is 2. The van der Waals surface area contributed by atoms with Gasteiger partial charge in [-0.1, -0.05) is 61.7 Å². The highest BCUT2D eigenvalue weighted by molar-refractivity contribution is 5.83. The van der Waals surface area contributed by atoms with Gasteiger partial charge in [-0.2, -0.15) is 5.10 Å². The van der Waals surface area contributed by atoms with Gasteiger partial charge < -0.3 is 14.4 Å². The largest absolute Gasteiger partial charge is 0.461 e. The van der Waals surface area contributed by atoms with Crippen LogP contribution in [0.1, 0.15) is 5.56 Å². The van der Waals surface area contributed by atoms with Gasteiger partial charge in [-0.15, -0.1) is 0 Å². The van der Waals surface area contributed by atoms with Crippen molar-refractivity contribution in [1.29, 1.82) is 0 Å². The van der Waals surface area contributed by atoms with E-state index in [9.17, 15) is 9.59 Å². The molecule has 7 nitrogen and oxygen atoms in total. The van der Waals surface area contributed by atoms with Gasteiger partial charge in [0.15, 0.2) is 0 Å². The molecule has 0 fully saturated rings. The van der Waals surface area contributed by atoms with Crippen LogP contribution in [0.5, 0.6) is 0 Å². The Kier molecular flexibility index (Phi) is 10.0. The third kappa shape index (κ3) is 7.99. The number of hydrogen-bond acceptors (Lipinski definition) is 7. The van der Waals surface area contributed by atoms with Crippen molar-refractivity contribution >= 4 is 35.2 Å². The molecule has 0 aliphatic carbocycles. The van der Waals surface area contributed by atoms with Crippen molar-refractivity contribution in [2.45, 2.75) is 0 Å². The molecule has 0 aliphatic heterocycles. The van der Waals surface area contributed by atoms with Crippen LogP contribution >= 0.6 is 0 Å². The Labute approximate surface area is 211 Å². The first kappa shape index (κ1) is 26.0. The van der Waals surface area contributed by atoms with Crippen molar-refractivity contribution < 1.29 is 19.1 Å². The Morgan fingerprint density at radius 2 is 1.17 bits per heavy atom. The Bertz CT molecular complexity index is 1100. The van der Waals surface area contributed by atoms with E-state index in [0.29, 0.717) is 13.1 Å². The normalized spacial score (nSPS) is 10.4. The monoisotopic (exact) mass is 483 g/mol. The maximum atomic E-state index is 11.4. The van der Waals surface area contributed by atoms with Gasteiger partial charge in [0.2, 0.25) is 0 Å². The summed E-state index contributed by atoms with van der Waals surface area (Å²) in [6.07, 6.45) is 4.04. The smallest absolute Gasteiger partial charge is 0.330 e. The molecule has 0 unspecified atom stereocenters. The molecule has 0 heterocycles. The van der Waals surface area contributed by atoms with Crippen molar-refractivity contribution in [2.24, 2.45) is 5.10 Å². The standard InChI is InChI=1S/C29H29N3O4/c1-3-28(33)35-21-19-31(20-22-36-29(34)4-2)25-17-15-24(16-18-25)23-30-32(26-11-7-5-8-12-26)27-13-9-6-10-14-27/h3-18,23H,1-2,19-22H2. The quantitative estimate of drug-likeness (QED) is 0.145. The van der Waals surface area contributed by atoms with E-state index >= 15 is 0 Å². The van der Waals surface area contributed by atoms with E-state index in [2.05, 4.69) is 13.2 Å². The number of anilines is 3. The summed E-state index contributed by atoms with van der Waals surface area (Å²) in [6.45, 7) is 8.00. The van der Waals surface area contributed by atoms with E-state index in [1.807, 2.05) is 94.8 Å². The van der Waals surface area contributed by atoms with Gasteiger partial charge in [-0.3, -0.25) is 0 Å². The summed E-state index contributed by atoms with van der Waals surface area (Å²) < 4.78 is 10.2. The SMILES string of the molecule is C=CC(=O)OCCN(CCOC(=O)C=C)c1ccc(C=NN(c2ccccc2)c2ccccc2)cc1. The van der Waals surface area contributed by atoms with E-state index < -0.39 is 11.9 Å². The lowest BCUT2D eigenvalue weighted by Gasteiger charge is -2.24. The van der Waals surface area contributed by atoms with Crippen LogP contribution in [0.2, 0.25) is 0 Å². The van der Waals surface area contributed by atoms with E-state index in [4.69, 9.17) is 14.6 Å². The summed E-state index contributed by atoms with van der Waals surface area (Å²) >= 11 is 0. The van der Waals surface area contributed by atoms with Crippen LogP contribution in [-0.2, 0) is 19.1 Å². The molecular weight excluding hydrogens is 454 g/mol. The van der Waals surface area contributed by atoms with E-state index in [-0.39, 0.29) is 13.2 Å². The van der Waals surface area contributed by atoms with Gasteiger partial charge in [0.25, 0.3) is 0 Å². The molecular formula is C29H29N3O4. The Morgan fingerprint density at radius 1 is 0.694 bits per heavy atom. The Hall–Kier alpha value is -4.65. The molecule has 184 valence electrons. The first-order valence-corrected chi connectivity index (χ1v) is 11.5. The second-order valence-corrected chi connectivity index (χ2v) is 7.55. The molecule has 3 rings (SSSR count). The van der Waals surface area contributed by atoms with Crippen molar-refractivity contribution in [2.75, 3.05) is 36.2 Å². The first-order chi connectivity index (χ1) is 17.6. The molecule has 0 radical (unpaired) electrons. The summed E-state index contributed by atoms with van der Waals surface area (Å²) in [5.74, 6) is -0.970. The second-order valence-electron chi connectivity index (χ2n) is 7.55. The van der Waals surface area contributed by atoms with Gasteiger partial charge in [-0.25, -0.2) is 14.6 Å². The van der Waals surface area contributed by atoms with Gasteiger partial charge in [0.05, 0.1) is 30.7 Å². The lowest BCUT2D eigenvalue weighted by atomic mass is 10.2. The number of benzene rings is 3. The second kappa shape index (κ2) is 13.9. The van der Waals surface area contributed by atoms with Gasteiger partial charge in [0, 0.05) is 17.8 Å². The lowest BCUT2D eigenvalue weighted by Crippen LogP contribution is -2.32. The molecule has 0 N–H and O–H groups in total. The maximum absolute atomic E-state index is 11.4. The third-order valence-corrected chi connectivity index (χ3v) is 5.13. The molecule has 0 aliphatic rings. The van der Waals surface area contributed by atoms with Crippen LogP contribution < -0.4 is 9.91 Å². The average molecular weight is 484 g/mol. The Balaban J connectivity index is 1.73. The van der Waals surface area contributed by atoms with Crippen LogP contribution in [0.3, 0.4) is 0 Å². The van der Waals surface area contributed by atoms with Crippen LogP contribution in [0.4, 0.5) is 17.1 Å². The number of para-hydroxylation sites is 2. The summed E-state index contributed by atoms with van der Waals surface area (Å²) in [7, 11) is 0. The zero-order chi connectivity index (χ0) is 25.6. The number of nitrogens with zero attached hydrogens (tertiary/aromatic N) is 3. The van der Waals surface area contributed by atoms with Gasteiger partial charge >= 0.3 is 11.9 Å². The molecule has 0 amide bonds. The molecule has 0 atom stereocenters. The van der Waals surface area contributed by atoms with Crippen molar-refractivity contribution in [3.8, 4) is 0 Å². The first-order valence-electron chi connectivity index (χ1n) is 11.5. The van der Waals surface area contributed by atoms with Crippen molar-refractivity contribution in [3.05, 3.63) is 116 Å². The number of ether oxygens (including phenoxy) is 2. The zero-order valence-electron chi connectivity index (χ0n) is 20.0. The molecule has 0 aromatic heterocycles. The van der Waals surface area contributed by atoms with Crippen LogP contribution in [-0.4, -0.2) is 44.5 Å². The minimum absolute atomic E-state index is 0.173. The van der Waals surface area contributed by atoms with Crippen LogP contribution in [0.25, 0.3) is 0 Å². The highest BCUT2D eigenvalue weighted by Crippen LogP contribution is 2.25. The summed E-state index contributed by atoms with van der Waals surface area (Å²) in [5.41, 5.74) is 3.70. The zero-order valence-corrected chi connectivity index (χ0v) is 20.0. The minimum Gasteiger partial charge on any atom is -0.461 e. The van der Waals surface area contributed by atoms with Crippen molar-refractivity contribution in [3.63, 3.8) is 0 Å². The van der Waals surface area contributed by atoms with E-state index in [1.165, 1.54) is 0 Å². The number of hydrazone groups is 1. The molecule has 36 heavy (non-hydrogen) atoms. The minimum atomic E-state index is -0.485. The van der Waals surface area contributed by atoms with Gasteiger partial charge in [0.1, 0.15) is 13.2 Å². The van der Waals surface area contributed by atoms with Crippen LogP contribution in [0.15, 0.2) is 115 Å². The number of esters is 2. The van der Waals surface area contributed by atoms with Crippen LogP contribution in [0, 0.1) is 0 Å². The molecule has 3 aromatic rings. The van der Waals surface area contributed by atoms with E-state index in [1.54, 1.807) is 6.21 Å². The fourth-order valence-electron chi connectivity index (χ4n) is 3.32.